The molecule has 1 aliphatic rings. The lowest BCUT2D eigenvalue weighted by atomic mass is 10.0. The van der Waals surface area contributed by atoms with Gasteiger partial charge in [0.2, 0.25) is 0 Å². The first-order valence-corrected chi connectivity index (χ1v) is 7.60. The van der Waals surface area contributed by atoms with Crippen LogP contribution in [-0.4, -0.2) is 33.3 Å². The maximum Gasteiger partial charge on any atom is 0.268 e. The molecule has 4 heterocycles. The van der Waals surface area contributed by atoms with Crippen LogP contribution in [0.4, 0.5) is 0 Å². The summed E-state index contributed by atoms with van der Waals surface area (Å²) in [5, 5.41) is 7.32. The second-order valence-electron chi connectivity index (χ2n) is 5.85. The Kier molecular flexibility index (Phi) is 3.23. The number of nitrogens with zero attached hydrogens (tertiary/aromatic N) is 2. The van der Waals surface area contributed by atoms with Crippen molar-refractivity contribution in [2.45, 2.75) is 25.5 Å². The zero-order valence-electron chi connectivity index (χ0n) is 13.0. The lowest BCUT2D eigenvalue weighted by Crippen LogP contribution is -2.37. The third kappa shape index (κ3) is 2.33. The van der Waals surface area contributed by atoms with E-state index in [0.29, 0.717) is 17.9 Å². The number of fused-ring (bicyclic) bond motifs is 1. The second-order valence-corrected chi connectivity index (χ2v) is 5.85. The third-order valence-electron chi connectivity index (χ3n) is 4.47. The number of carbonyl (C=O) groups excluding carboxylic acids is 1. The zero-order chi connectivity index (χ0) is 16.0. The molecule has 0 spiro atoms. The van der Waals surface area contributed by atoms with Crippen molar-refractivity contribution < 1.29 is 13.9 Å². The smallest absolute Gasteiger partial charge is 0.268 e. The first-order valence-electron chi connectivity index (χ1n) is 7.60. The second kappa shape index (κ2) is 5.27. The van der Waals surface area contributed by atoms with Crippen LogP contribution >= 0.6 is 0 Å². The number of furan rings is 1. The van der Waals surface area contributed by atoms with E-state index < -0.39 is 0 Å². The molecule has 0 aromatic carbocycles. The Bertz CT molecular complexity index is 831. The summed E-state index contributed by atoms with van der Waals surface area (Å²) in [6.07, 6.45) is 4.02. The van der Waals surface area contributed by atoms with Crippen molar-refractivity contribution in [3.8, 4) is 0 Å². The summed E-state index contributed by atoms with van der Waals surface area (Å²) in [4.78, 5) is 15.5. The van der Waals surface area contributed by atoms with E-state index in [0.717, 1.165) is 23.2 Å². The predicted molar refractivity (Wildman–Crippen MR) is 83.1 cm³/mol. The number of hydrogen-bond acceptors (Lipinski definition) is 4. The van der Waals surface area contributed by atoms with E-state index >= 15 is 0 Å². The van der Waals surface area contributed by atoms with Crippen LogP contribution in [0, 0.1) is 6.92 Å². The number of hydrogen-bond donors (Lipinski definition) is 2. The Labute approximate surface area is 132 Å². The molecular weight excluding hydrogens is 296 g/mol. The maximum absolute atomic E-state index is 12.5. The van der Waals surface area contributed by atoms with Gasteiger partial charge in [0.25, 0.3) is 5.91 Å². The Hall–Kier alpha value is -2.54. The largest absolute Gasteiger partial charge is 0.463 e. The highest BCUT2D eigenvalue weighted by Gasteiger charge is 2.33. The minimum atomic E-state index is -0.161. The molecule has 0 unspecified atom stereocenters. The van der Waals surface area contributed by atoms with Crippen molar-refractivity contribution in [3.05, 3.63) is 41.5 Å². The molecule has 23 heavy (non-hydrogen) atoms. The molecule has 4 rings (SSSR count). The topological polar surface area (TPSA) is 85.1 Å². The molecule has 0 aliphatic carbocycles. The first kappa shape index (κ1) is 14.1. The maximum atomic E-state index is 12.5. The number of aromatic nitrogens is 3. The number of amides is 1. The number of carbonyl (C=O) groups is 1. The number of aromatic amines is 1. The van der Waals surface area contributed by atoms with Gasteiger partial charge in [-0.05, 0) is 13.3 Å². The minimum absolute atomic E-state index is 0.0694. The Morgan fingerprint density at radius 2 is 2.39 bits per heavy atom. The van der Waals surface area contributed by atoms with Gasteiger partial charge in [-0.15, -0.1) is 0 Å². The Morgan fingerprint density at radius 1 is 1.52 bits per heavy atom. The molecule has 3 aromatic heterocycles. The van der Waals surface area contributed by atoms with Gasteiger partial charge in [0, 0.05) is 37.0 Å². The summed E-state index contributed by atoms with van der Waals surface area (Å²) >= 11 is 0. The normalized spacial score (nSPS) is 21.1. The molecular formula is C16H18N4O3. The predicted octanol–water partition coefficient (Wildman–Crippen LogP) is 2.06. The highest BCUT2D eigenvalue weighted by molar-refractivity contribution is 5.97. The SMILES string of the molecule is Cc1c([C@H]2OCC[C@@H]2NC(=O)c2cc3occc3[nH]2)cnn1C. The number of aryl methyl sites for hydroxylation is 1. The fourth-order valence-electron chi connectivity index (χ4n) is 3.06. The molecule has 1 aliphatic heterocycles. The number of ether oxygens (including phenoxy) is 1. The van der Waals surface area contributed by atoms with E-state index in [1.807, 2.05) is 24.9 Å². The van der Waals surface area contributed by atoms with Crippen LogP contribution in [-0.2, 0) is 11.8 Å². The average Bonchev–Trinajstić information content (AvgIpc) is 3.25. The van der Waals surface area contributed by atoms with Gasteiger partial charge >= 0.3 is 0 Å². The minimum Gasteiger partial charge on any atom is -0.463 e. The van der Waals surface area contributed by atoms with Crippen LogP contribution in [0.25, 0.3) is 11.1 Å². The first-order chi connectivity index (χ1) is 11.1. The highest BCUT2D eigenvalue weighted by Crippen LogP contribution is 2.31. The van der Waals surface area contributed by atoms with Crippen molar-refractivity contribution in [2.24, 2.45) is 7.05 Å². The standard InChI is InChI=1S/C16H18N4O3/c1-9-10(8-17-20(9)2)15-12(4-6-23-15)19-16(21)13-7-14-11(18-13)3-5-22-14/h3,5,7-8,12,15,18H,4,6H2,1-2H3,(H,19,21)/t12-,15+/m0/s1. The van der Waals surface area contributed by atoms with Crippen LogP contribution in [0.3, 0.4) is 0 Å². The molecule has 7 nitrogen and oxygen atoms in total. The van der Waals surface area contributed by atoms with Gasteiger partial charge < -0.3 is 19.5 Å². The monoisotopic (exact) mass is 314 g/mol. The van der Waals surface area contributed by atoms with Crippen LogP contribution < -0.4 is 5.32 Å². The number of H-pyrrole nitrogens is 1. The summed E-state index contributed by atoms with van der Waals surface area (Å²) in [7, 11) is 1.90. The Morgan fingerprint density at radius 3 is 3.13 bits per heavy atom. The van der Waals surface area contributed by atoms with Crippen molar-refractivity contribution >= 4 is 17.0 Å². The summed E-state index contributed by atoms with van der Waals surface area (Å²) in [5.41, 5.74) is 4.06. The van der Waals surface area contributed by atoms with Gasteiger partial charge in [0.1, 0.15) is 11.8 Å². The number of nitrogens with one attached hydrogen (secondary N) is 2. The fourth-order valence-corrected chi connectivity index (χ4v) is 3.06. The van der Waals surface area contributed by atoms with Crippen LogP contribution in [0.5, 0.6) is 0 Å². The molecule has 3 aromatic rings. The van der Waals surface area contributed by atoms with Crippen molar-refractivity contribution in [3.63, 3.8) is 0 Å². The lowest BCUT2D eigenvalue weighted by molar-refractivity contribution is 0.0816. The summed E-state index contributed by atoms with van der Waals surface area (Å²) < 4.78 is 12.9. The van der Waals surface area contributed by atoms with Gasteiger partial charge in [0.15, 0.2) is 5.58 Å². The Balaban J connectivity index is 1.54. The van der Waals surface area contributed by atoms with Crippen molar-refractivity contribution in [1.82, 2.24) is 20.1 Å². The average molecular weight is 314 g/mol. The molecule has 0 radical (unpaired) electrons. The molecule has 2 N–H and O–H groups in total. The lowest BCUT2D eigenvalue weighted by Gasteiger charge is -2.19. The van der Waals surface area contributed by atoms with Gasteiger partial charge in [-0.25, -0.2) is 0 Å². The molecule has 1 fully saturated rings. The molecule has 0 bridgehead atoms. The van der Waals surface area contributed by atoms with Crippen LogP contribution in [0.2, 0.25) is 0 Å². The highest BCUT2D eigenvalue weighted by atomic mass is 16.5. The van der Waals surface area contributed by atoms with Gasteiger partial charge in [-0.3, -0.25) is 9.48 Å². The van der Waals surface area contributed by atoms with E-state index in [1.54, 1.807) is 18.4 Å². The summed E-state index contributed by atoms with van der Waals surface area (Å²) in [6, 6.07) is 3.44. The quantitative estimate of drug-likeness (QED) is 0.775. The molecule has 7 heteroatoms. The van der Waals surface area contributed by atoms with Crippen molar-refractivity contribution in [1.29, 1.82) is 0 Å². The molecule has 0 saturated carbocycles. The van der Waals surface area contributed by atoms with E-state index in [2.05, 4.69) is 15.4 Å². The molecule has 2 atom stereocenters. The fraction of sp³-hybridized carbons (Fsp3) is 0.375. The molecule has 1 saturated heterocycles. The van der Waals surface area contributed by atoms with Gasteiger partial charge in [-0.2, -0.15) is 5.10 Å². The summed E-state index contributed by atoms with van der Waals surface area (Å²) in [6.45, 7) is 2.62. The van der Waals surface area contributed by atoms with Crippen LogP contribution in [0.1, 0.15) is 34.3 Å². The van der Waals surface area contributed by atoms with Crippen molar-refractivity contribution in [2.75, 3.05) is 6.61 Å². The van der Waals surface area contributed by atoms with Crippen LogP contribution in [0.15, 0.2) is 29.0 Å². The van der Waals surface area contributed by atoms with E-state index in [4.69, 9.17) is 9.15 Å². The molecule has 120 valence electrons. The molecule has 1 amide bonds. The third-order valence-corrected chi connectivity index (χ3v) is 4.47. The van der Waals surface area contributed by atoms with E-state index in [1.165, 1.54) is 0 Å². The zero-order valence-corrected chi connectivity index (χ0v) is 13.0. The van der Waals surface area contributed by atoms with E-state index in [-0.39, 0.29) is 18.1 Å². The van der Waals surface area contributed by atoms with Gasteiger partial charge in [-0.1, -0.05) is 0 Å². The van der Waals surface area contributed by atoms with E-state index in [9.17, 15) is 4.79 Å². The summed E-state index contributed by atoms with van der Waals surface area (Å²) in [5.74, 6) is -0.154. The number of rotatable bonds is 3. The van der Waals surface area contributed by atoms with Gasteiger partial charge in [0.05, 0.1) is 24.0 Å².